The second-order valence-corrected chi connectivity index (χ2v) is 8.83. The van der Waals surface area contributed by atoms with Crippen LogP contribution in [0.4, 0.5) is 9.18 Å². The number of pyridine rings is 1. The topological polar surface area (TPSA) is 97.2 Å². The molecule has 1 aliphatic rings. The Labute approximate surface area is 199 Å². The number of carbonyl (C=O) groups excluding carboxylic acids is 3. The summed E-state index contributed by atoms with van der Waals surface area (Å²) >= 11 is 0.815. The Morgan fingerprint density at radius 3 is 2.62 bits per heavy atom. The quantitative estimate of drug-likeness (QED) is 0.515. The summed E-state index contributed by atoms with van der Waals surface area (Å²) in [6.07, 6.45) is 4.69. The van der Waals surface area contributed by atoms with Crippen LogP contribution < -0.4 is 5.32 Å². The van der Waals surface area contributed by atoms with E-state index in [9.17, 15) is 18.8 Å². The maximum atomic E-state index is 13.1. The van der Waals surface area contributed by atoms with Gasteiger partial charge in [-0.3, -0.25) is 19.3 Å². The van der Waals surface area contributed by atoms with Crippen molar-refractivity contribution in [1.82, 2.24) is 25.0 Å². The predicted octanol–water partition coefficient (Wildman–Crippen LogP) is 4.00. The number of benzene rings is 1. The third-order valence-corrected chi connectivity index (χ3v) is 6.03. The van der Waals surface area contributed by atoms with Gasteiger partial charge in [0, 0.05) is 19.3 Å². The van der Waals surface area contributed by atoms with Crippen LogP contribution in [0.15, 0.2) is 59.8 Å². The first-order valence-electron chi connectivity index (χ1n) is 10.6. The van der Waals surface area contributed by atoms with Crippen molar-refractivity contribution in [2.45, 2.75) is 19.8 Å². The van der Waals surface area contributed by atoms with Crippen molar-refractivity contribution >= 4 is 34.9 Å². The van der Waals surface area contributed by atoms with Crippen LogP contribution in [-0.2, 0) is 4.79 Å². The molecule has 0 spiro atoms. The third kappa shape index (κ3) is 4.91. The molecule has 3 aromatic rings. The monoisotopic (exact) mass is 479 g/mol. The molecule has 0 unspecified atom stereocenters. The molecule has 4 rings (SSSR count). The summed E-state index contributed by atoms with van der Waals surface area (Å²) in [5.74, 6) is -0.565. The van der Waals surface area contributed by atoms with Crippen molar-refractivity contribution < 1.29 is 18.8 Å². The van der Waals surface area contributed by atoms with Gasteiger partial charge in [-0.2, -0.15) is 5.10 Å². The number of halogens is 1. The molecule has 0 radical (unpaired) electrons. The molecule has 0 atom stereocenters. The summed E-state index contributed by atoms with van der Waals surface area (Å²) < 4.78 is 14.7. The molecular formula is C24H22FN5O3S. The molecule has 1 N–H and O–H groups in total. The van der Waals surface area contributed by atoms with Crippen LogP contribution in [0, 0.1) is 5.82 Å². The molecule has 174 valence electrons. The molecule has 1 fully saturated rings. The second kappa shape index (κ2) is 10.0. The standard InChI is InChI=1S/C24H22FN5O3S/c1-15(2)21-18(14-28-30(21)20-5-3-4-10-26-20)22(31)27-11-12-29-23(32)19(34-24(29)33)13-16-6-8-17(25)9-7-16/h3-10,13-15H,11-12H2,1-2H3,(H,27,31)/b19-13-. The lowest BCUT2D eigenvalue weighted by atomic mass is 10.1. The van der Waals surface area contributed by atoms with Gasteiger partial charge in [0.05, 0.1) is 22.4 Å². The zero-order valence-electron chi connectivity index (χ0n) is 18.6. The van der Waals surface area contributed by atoms with Crippen molar-refractivity contribution in [2.75, 3.05) is 13.1 Å². The summed E-state index contributed by atoms with van der Waals surface area (Å²) in [4.78, 5) is 43.5. The van der Waals surface area contributed by atoms with E-state index in [0.717, 1.165) is 16.7 Å². The van der Waals surface area contributed by atoms with Crippen LogP contribution in [0.1, 0.15) is 41.4 Å². The third-order valence-electron chi connectivity index (χ3n) is 5.13. The molecule has 3 heterocycles. The highest BCUT2D eigenvalue weighted by atomic mass is 32.2. The van der Waals surface area contributed by atoms with Gasteiger partial charge in [0.15, 0.2) is 5.82 Å². The zero-order valence-corrected chi connectivity index (χ0v) is 19.4. The van der Waals surface area contributed by atoms with Crippen LogP contribution >= 0.6 is 11.8 Å². The number of hydrogen-bond donors (Lipinski definition) is 1. The van der Waals surface area contributed by atoms with Crippen LogP contribution in [0.3, 0.4) is 0 Å². The van der Waals surface area contributed by atoms with Gasteiger partial charge in [-0.05, 0) is 53.6 Å². The van der Waals surface area contributed by atoms with Gasteiger partial charge in [-0.1, -0.05) is 32.0 Å². The largest absolute Gasteiger partial charge is 0.350 e. The Bertz CT molecular complexity index is 1260. The number of amides is 3. The highest BCUT2D eigenvalue weighted by Gasteiger charge is 2.34. The minimum Gasteiger partial charge on any atom is -0.350 e. The van der Waals surface area contributed by atoms with Crippen molar-refractivity contribution in [1.29, 1.82) is 0 Å². The van der Waals surface area contributed by atoms with Gasteiger partial charge in [0.25, 0.3) is 17.1 Å². The van der Waals surface area contributed by atoms with E-state index in [1.807, 2.05) is 19.9 Å². The number of nitrogens with one attached hydrogen (secondary N) is 1. The molecule has 0 aliphatic carbocycles. The van der Waals surface area contributed by atoms with Crippen LogP contribution in [-0.4, -0.2) is 49.8 Å². The number of hydrogen-bond acceptors (Lipinski definition) is 6. The SMILES string of the molecule is CC(C)c1c(C(=O)NCCN2C(=O)S/C(=C\c3ccc(F)cc3)C2=O)cnn1-c1ccccn1. The Hall–Kier alpha value is -3.79. The first-order valence-corrected chi connectivity index (χ1v) is 11.4. The van der Waals surface area contributed by atoms with Crippen LogP contribution in [0.2, 0.25) is 0 Å². The summed E-state index contributed by atoms with van der Waals surface area (Å²) in [5.41, 5.74) is 1.74. The summed E-state index contributed by atoms with van der Waals surface area (Å²) in [6.45, 7) is 4.04. The van der Waals surface area contributed by atoms with Crippen LogP contribution in [0.5, 0.6) is 0 Å². The van der Waals surface area contributed by atoms with Crippen molar-refractivity contribution in [3.8, 4) is 5.82 Å². The highest BCUT2D eigenvalue weighted by Crippen LogP contribution is 2.32. The fourth-order valence-corrected chi connectivity index (χ4v) is 4.39. The molecule has 1 aromatic carbocycles. The van der Waals surface area contributed by atoms with E-state index in [-0.39, 0.29) is 35.6 Å². The van der Waals surface area contributed by atoms with Gasteiger partial charge in [-0.25, -0.2) is 14.1 Å². The number of thioether (sulfide) groups is 1. The van der Waals surface area contributed by atoms with Gasteiger partial charge in [-0.15, -0.1) is 0 Å². The normalized spacial score (nSPS) is 14.9. The number of nitrogens with zero attached hydrogens (tertiary/aromatic N) is 4. The minimum atomic E-state index is -0.445. The number of aromatic nitrogens is 3. The molecule has 34 heavy (non-hydrogen) atoms. The maximum absolute atomic E-state index is 13.1. The molecule has 0 saturated carbocycles. The molecule has 2 aromatic heterocycles. The molecule has 3 amide bonds. The second-order valence-electron chi connectivity index (χ2n) is 7.84. The van der Waals surface area contributed by atoms with Gasteiger partial charge in [0.2, 0.25) is 0 Å². The average Bonchev–Trinajstić information content (AvgIpc) is 3.38. The predicted molar refractivity (Wildman–Crippen MR) is 127 cm³/mol. The zero-order chi connectivity index (χ0) is 24.2. The lowest BCUT2D eigenvalue weighted by Gasteiger charge is -2.14. The fraction of sp³-hybridized carbons (Fsp3) is 0.208. The first kappa shape index (κ1) is 23.4. The summed E-state index contributed by atoms with van der Waals surface area (Å²) in [6, 6.07) is 11.1. The highest BCUT2D eigenvalue weighted by molar-refractivity contribution is 8.18. The van der Waals surface area contributed by atoms with E-state index in [0.29, 0.717) is 22.6 Å². The molecule has 0 bridgehead atoms. The molecule has 10 heteroatoms. The van der Waals surface area contributed by atoms with Crippen LogP contribution in [0.25, 0.3) is 11.9 Å². The maximum Gasteiger partial charge on any atom is 0.293 e. The Balaban J connectivity index is 1.41. The first-order chi connectivity index (χ1) is 16.3. The number of carbonyl (C=O) groups is 3. The fourth-order valence-electron chi connectivity index (χ4n) is 3.53. The van der Waals surface area contributed by atoms with Crippen molar-refractivity contribution in [2.24, 2.45) is 0 Å². The van der Waals surface area contributed by atoms with Gasteiger partial charge in [0.1, 0.15) is 5.82 Å². The molecule has 8 nitrogen and oxygen atoms in total. The lowest BCUT2D eigenvalue weighted by Crippen LogP contribution is -2.37. The number of imide groups is 1. The van der Waals surface area contributed by atoms with E-state index < -0.39 is 11.1 Å². The Morgan fingerprint density at radius 2 is 1.94 bits per heavy atom. The Morgan fingerprint density at radius 1 is 1.18 bits per heavy atom. The van der Waals surface area contributed by atoms with Gasteiger partial charge >= 0.3 is 0 Å². The summed E-state index contributed by atoms with van der Waals surface area (Å²) in [5, 5.41) is 6.68. The lowest BCUT2D eigenvalue weighted by molar-refractivity contribution is -0.122. The van der Waals surface area contributed by atoms with Crippen molar-refractivity contribution in [3.05, 3.63) is 82.4 Å². The molecule has 1 saturated heterocycles. The number of rotatable bonds is 7. The summed E-state index contributed by atoms with van der Waals surface area (Å²) in [7, 11) is 0. The van der Waals surface area contributed by atoms with E-state index in [4.69, 9.17) is 0 Å². The molecule has 1 aliphatic heterocycles. The van der Waals surface area contributed by atoms with E-state index in [2.05, 4.69) is 15.4 Å². The minimum absolute atomic E-state index is 0.00236. The Kier molecular flexibility index (Phi) is 6.87. The average molecular weight is 480 g/mol. The van der Waals surface area contributed by atoms with E-state index in [1.165, 1.54) is 30.5 Å². The van der Waals surface area contributed by atoms with E-state index >= 15 is 0 Å². The smallest absolute Gasteiger partial charge is 0.293 e. The van der Waals surface area contributed by atoms with Crippen molar-refractivity contribution in [3.63, 3.8) is 0 Å². The van der Waals surface area contributed by atoms with Gasteiger partial charge < -0.3 is 5.32 Å². The van der Waals surface area contributed by atoms with E-state index in [1.54, 1.807) is 29.1 Å². The molecular weight excluding hydrogens is 457 g/mol.